The molecule has 0 aromatic rings. The molecule has 26 heavy (non-hydrogen) atoms. The molecule has 0 aromatic heterocycles. The van der Waals surface area contributed by atoms with Gasteiger partial charge in [0.15, 0.2) is 0 Å². The number of hydrogen-bond acceptors (Lipinski definition) is 4. The van der Waals surface area contributed by atoms with Crippen LogP contribution in [0.2, 0.25) is 0 Å². The topological polar surface area (TPSA) is 58.6 Å². The molecule has 0 aliphatic rings. The summed E-state index contributed by atoms with van der Waals surface area (Å²) in [6, 6.07) is 0. The van der Waals surface area contributed by atoms with E-state index in [1.54, 1.807) is 0 Å². The molecular formula is C21H44O4P-. The van der Waals surface area contributed by atoms with Crippen LogP contribution in [0.5, 0.6) is 0 Å². The Morgan fingerprint density at radius 1 is 0.538 bits per heavy atom. The van der Waals surface area contributed by atoms with E-state index in [0.29, 0.717) is 0 Å². The van der Waals surface area contributed by atoms with Crippen molar-refractivity contribution in [1.82, 2.24) is 0 Å². The summed E-state index contributed by atoms with van der Waals surface area (Å²) < 4.78 is 21.2. The Kier molecular flexibility index (Phi) is 19.9. The first kappa shape index (κ1) is 26.1. The van der Waals surface area contributed by atoms with Gasteiger partial charge in [-0.05, 0) is 12.8 Å². The monoisotopic (exact) mass is 391 g/mol. The van der Waals surface area contributed by atoms with Crippen LogP contribution in [0.1, 0.15) is 123 Å². The third kappa shape index (κ3) is 20.4. The Balaban J connectivity index is 3.22. The number of hydrogen-bond donors (Lipinski definition) is 0. The van der Waals surface area contributed by atoms with Crippen molar-refractivity contribution in [3.05, 3.63) is 0 Å². The van der Waals surface area contributed by atoms with Crippen molar-refractivity contribution in [2.24, 2.45) is 0 Å². The van der Waals surface area contributed by atoms with Crippen LogP contribution in [0.25, 0.3) is 0 Å². The average Bonchev–Trinajstić information content (AvgIpc) is 2.62. The maximum Gasteiger partial charge on any atom is 0.267 e. The van der Waals surface area contributed by atoms with Gasteiger partial charge < -0.3 is 13.9 Å². The highest BCUT2D eigenvalue weighted by Gasteiger charge is 2.08. The zero-order valence-corrected chi connectivity index (χ0v) is 18.4. The molecule has 0 bridgehead atoms. The Bertz CT molecular complexity index is 323. The highest BCUT2D eigenvalue weighted by atomic mass is 31.2. The van der Waals surface area contributed by atoms with E-state index in [1.807, 2.05) is 0 Å². The van der Waals surface area contributed by atoms with E-state index in [9.17, 15) is 9.46 Å². The number of rotatable bonds is 21. The molecule has 0 aromatic carbocycles. The molecule has 0 spiro atoms. The molecule has 5 heteroatoms. The Morgan fingerprint density at radius 3 is 1.19 bits per heavy atom. The molecule has 0 saturated heterocycles. The fourth-order valence-corrected chi connectivity index (χ4v) is 3.82. The highest BCUT2D eigenvalue weighted by Crippen LogP contribution is 2.38. The van der Waals surface area contributed by atoms with E-state index in [1.165, 1.54) is 77.0 Å². The molecule has 0 rings (SSSR count). The second-order valence-electron chi connectivity index (χ2n) is 7.42. The van der Waals surface area contributed by atoms with Crippen LogP contribution < -0.4 is 4.89 Å². The van der Waals surface area contributed by atoms with Gasteiger partial charge in [0.05, 0.1) is 13.2 Å². The molecule has 0 fully saturated rings. The summed E-state index contributed by atoms with van der Waals surface area (Å²) in [6.07, 6.45) is 20.8. The summed E-state index contributed by atoms with van der Waals surface area (Å²) in [5.74, 6) is 0. The van der Waals surface area contributed by atoms with Gasteiger partial charge in [0.2, 0.25) is 0 Å². The van der Waals surface area contributed by atoms with Gasteiger partial charge in [-0.25, -0.2) is 0 Å². The summed E-state index contributed by atoms with van der Waals surface area (Å²) in [4.78, 5) is 11.5. The molecule has 1 unspecified atom stereocenters. The molecule has 158 valence electrons. The van der Waals surface area contributed by atoms with Gasteiger partial charge in [-0.2, -0.15) is 0 Å². The molecule has 0 N–H and O–H groups in total. The SMILES string of the molecule is CCCCCCCCCCCCCCCCOP(=O)([O-])OCCCCC. The zero-order chi connectivity index (χ0) is 19.3. The van der Waals surface area contributed by atoms with Crippen LogP contribution in [0.4, 0.5) is 0 Å². The lowest BCUT2D eigenvalue weighted by atomic mass is 10.0. The molecule has 0 amide bonds. The van der Waals surface area contributed by atoms with E-state index >= 15 is 0 Å². The van der Waals surface area contributed by atoms with Crippen molar-refractivity contribution in [3.8, 4) is 0 Å². The van der Waals surface area contributed by atoms with Crippen LogP contribution in [-0.4, -0.2) is 13.2 Å². The number of unbranched alkanes of at least 4 members (excludes halogenated alkanes) is 15. The standard InChI is InChI=1S/C21H45O4P/c1-3-5-7-8-9-10-11-12-13-14-15-16-17-19-21-25-26(22,23)24-20-18-6-4-2/h3-21H2,1-2H3,(H,22,23)/p-1. The quantitative estimate of drug-likeness (QED) is 0.154. The van der Waals surface area contributed by atoms with E-state index in [0.717, 1.165) is 32.1 Å². The summed E-state index contributed by atoms with van der Waals surface area (Å²) >= 11 is 0. The largest absolute Gasteiger partial charge is 0.756 e. The van der Waals surface area contributed by atoms with Gasteiger partial charge in [0.1, 0.15) is 0 Å². The third-order valence-corrected chi connectivity index (χ3v) is 5.74. The fourth-order valence-electron chi connectivity index (χ4n) is 3.04. The molecule has 4 nitrogen and oxygen atoms in total. The lowest BCUT2D eigenvalue weighted by molar-refractivity contribution is -0.225. The smallest absolute Gasteiger partial charge is 0.267 e. The molecule has 0 saturated carbocycles. The van der Waals surface area contributed by atoms with Gasteiger partial charge in [0, 0.05) is 0 Å². The van der Waals surface area contributed by atoms with Crippen LogP contribution in [-0.2, 0) is 13.6 Å². The van der Waals surface area contributed by atoms with E-state index in [4.69, 9.17) is 9.05 Å². The Morgan fingerprint density at radius 2 is 0.808 bits per heavy atom. The minimum atomic E-state index is -4.07. The van der Waals surface area contributed by atoms with Gasteiger partial charge in [-0.15, -0.1) is 0 Å². The maximum atomic E-state index is 11.5. The summed E-state index contributed by atoms with van der Waals surface area (Å²) in [6.45, 7) is 4.84. The van der Waals surface area contributed by atoms with Crippen LogP contribution in [0.15, 0.2) is 0 Å². The summed E-state index contributed by atoms with van der Waals surface area (Å²) in [7, 11) is -4.07. The first-order valence-corrected chi connectivity index (χ1v) is 12.7. The van der Waals surface area contributed by atoms with E-state index in [2.05, 4.69) is 13.8 Å². The van der Waals surface area contributed by atoms with Crippen molar-refractivity contribution >= 4 is 7.82 Å². The first-order chi connectivity index (χ1) is 12.6. The molecule has 1 atom stereocenters. The molecule has 0 radical (unpaired) electrons. The number of phosphoric ester groups is 1. The minimum absolute atomic E-state index is 0.243. The molecule has 0 aliphatic heterocycles. The predicted molar refractivity (Wildman–Crippen MR) is 109 cm³/mol. The van der Waals surface area contributed by atoms with Crippen molar-refractivity contribution in [2.75, 3.05) is 13.2 Å². The third-order valence-electron chi connectivity index (χ3n) is 4.74. The number of phosphoric acid groups is 1. The van der Waals surface area contributed by atoms with Gasteiger partial charge in [-0.1, -0.05) is 110 Å². The van der Waals surface area contributed by atoms with E-state index in [-0.39, 0.29) is 13.2 Å². The molecule has 0 aliphatic carbocycles. The highest BCUT2D eigenvalue weighted by molar-refractivity contribution is 7.45. The average molecular weight is 392 g/mol. The van der Waals surface area contributed by atoms with Crippen LogP contribution >= 0.6 is 7.82 Å². The lowest BCUT2D eigenvalue weighted by Gasteiger charge is -2.22. The van der Waals surface area contributed by atoms with Crippen molar-refractivity contribution in [1.29, 1.82) is 0 Å². The second kappa shape index (κ2) is 19.9. The summed E-state index contributed by atoms with van der Waals surface area (Å²) in [5.41, 5.74) is 0. The van der Waals surface area contributed by atoms with Crippen LogP contribution in [0.3, 0.4) is 0 Å². The van der Waals surface area contributed by atoms with Gasteiger partial charge in [-0.3, -0.25) is 4.57 Å². The fraction of sp³-hybridized carbons (Fsp3) is 1.00. The summed E-state index contributed by atoms with van der Waals surface area (Å²) in [5, 5.41) is 0. The molecular weight excluding hydrogens is 347 g/mol. The lowest BCUT2D eigenvalue weighted by Crippen LogP contribution is -2.10. The zero-order valence-electron chi connectivity index (χ0n) is 17.5. The van der Waals surface area contributed by atoms with Crippen molar-refractivity contribution in [2.45, 2.75) is 123 Å². The van der Waals surface area contributed by atoms with E-state index < -0.39 is 7.82 Å². The van der Waals surface area contributed by atoms with Gasteiger partial charge in [0.25, 0.3) is 7.82 Å². The van der Waals surface area contributed by atoms with Crippen molar-refractivity contribution in [3.63, 3.8) is 0 Å². The maximum absolute atomic E-state index is 11.5. The first-order valence-electron chi connectivity index (χ1n) is 11.2. The second-order valence-corrected chi connectivity index (χ2v) is 8.83. The minimum Gasteiger partial charge on any atom is -0.756 e. The Labute approximate surface area is 163 Å². The normalized spacial score (nSPS) is 13.8. The predicted octanol–water partition coefficient (Wildman–Crippen LogP) is 7.16. The van der Waals surface area contributed by atoms with Crippen LogP contribution in [0, 0.1) is 0 Å². The molecule has 0 heterocycles. The van der Waals surface area contributed by atoms with Gasteiger partial charge >= 0.3 is 0 Å². The Hall–Kier alpha value is 0.110. The van der Waals surface area contributed by atoms with Crippen molar-refractivity contribution < 1.29 is 18.5 Å².